The summed E-state index contributed by atoms with van der Waals surface area (Å²) in [6.07, 6.45) is 8.77. The summed E-state index contributed by atoms with van der Waals surface area (Å²) >= 11 is 0. The molecule has 0 fully saturated rings. The van der Waals surface area contributed by atoms with Gasteiger partial charge in [-0.05, 0) is 68.4 Å². The second-order valence-electron chi connectivity index (χ2n) is 9.95. The lowest BCUT2D eigenvalue weighted by atomic mass is 9.98. The Morgan fingerprint density at radius 2 is 1.95 bits per heavy atom. The van der Waals surface area contributed by atoms with Crippen molar-refractivity contribution in [2.75, 3.05) is 16.8 Å². The molecular formula is C28H31N7O2. The van der Waals surface area contributed by atoms with E-state index in [1.807, 2.05) is 36.2 Å². The first kappa shape index (κ1) is 23.3. The Balaban J connectivity index is 1.39. The Bertz CT molecular complexity index is 1580. The average molecular weight is 498 g/mol. The number of rotatable bonds is 5. The third-order valence-corrected chi connectivity index (χ3v) is 7.52. The van der Waals surface area contributed by atoms with Crippen molar-refractivity contribution in [3.8, 4) is 11.1 Å². The number of aromatic amines is 1. The maximum Gasteiger partial charge on any atom is 0.276 e. The zero-order valence-electron chi connectivity index (χ0n) is 21.5. The number of anilines is 3. The molecule has 0 saturated heterocycles. The Morgan fingerprint density at radius 3 is 2.73 bits per heavy atom. The van der Waals surface area contributed by atoms with Gasteiger partial charge in [-0.1, -0.05) is 6.92 Å². The molecule has 1 aliphatic carbocycles. The Kier molecular flexibility index (Phi) is 5.70. The fraction of sp³-hybridized carbons (Fsp3) is 0.357. The van der Waals surface area contributed by atoms with Gasteiger partial charge in [0.25, 0.3) is 11.5 Å². The number of nitrogens with zero attached hydrogens (tertiary/aromatic N) is 5. The normalized spacial score (nSPS) is 15.0. The predicted octanol–water partition coefficient (Wildman–Crippen LogP) is 4.13. The molecule has 9 heteroatoms. The first-order valence-electron chi connectivity index (χ1n) is 13.0. The standard InChI is InChI=1S/C28H31N7O2/c1-4-20-21(19-14-22(27(36)33(3)16-19)30-25-13-17(2)31-32-25)9-10-29-26(20)35-12-11-34-23-8-6-5-7-18(23)15-24(34)28(35)37/h9-10,13-16H,4-8,11-12H2,1-3H3,(H2,30,31,32). The molecule has 5 heterocycles. The van der Waals surface area contributed by atoms with Crippen LogP contribution in [0.4, 0.5) is 17.3 Å². The smallest absolute Gasteiger partial charge is 0.276 e. The number of fused-ring (bicyclic) bond motifs is 3. The van der Waals surface area contributed by atoms with E-state index in [9.17, 15) is 9.59 Å². The van der Waals surface area contributed by atoms with Gasteiger partial charge in [-0.25, -0.2) is 4.98 Å². The van der Waals surface area contributed by atoms with E-state index in [0.29, 0.717) is 30.3 Å². The largest absolute Gasteiger partial charge is 0.339 e. The van der Waals surface area contributed by atoms with Gasteiger partial charge in [0, 0.05) is 61.1 Å². The summed E-state index contributed by atoms with van der Waals surface area (Å²) in [7, 11) is 1.74. The van der Waals surface area contributed by atoms with Crippen LogP contribution < -0.4 is 15.8 Å². The number of amides is 1. The molecule has 1 aliphatic heterocycles. The van der Waals surface area contributed by atoms with Crippen LogP contribution in [0, 0.1) is 6.92 Å². The topological polar surface area (TPSA) is 101 Å². The maximum atomic E-state index is 13.7. The highest BCUT2D eigenvalue weighted by atomic mass is 16.2. The average Bonchev–Trinajstić information content (AvgIpc) is 3.50. The second-order valence-corrected chi connectivity index (χ2v) is 9.95. The van der Waals surface area contributed by atoms with Gasteiger partial charge in [-0.2, -0.15) is 5.10 Å². The Hall–Kier alpha value is -4.14. The van der Waals surface area contributed by atoms with Crippen LogP contribution in [0.3, 0.4) is 0 Å². The summed E-state index contributed by atoms with van der Waals surface area (Å²) in [4.78, 5) is 33.1. The van der Waals surface area contributed by atoms with Crippen molar-refractivity contribution in [1.82, 2.24) is 24.3 Å². The van der Waals surface area contributed by atoms with E-state index in [2.05, 4.69) is 33.1 Å². The number of hydrogen-bond acceptors (Lipinski definition) is 5. The van der Waals surface area contributed by atoms with Crippen LogP contribution in [-0.4, -0.2) is 36.8 Å². The molecule has 0 bridgehead atoms. The van der Waals surface area contributed by atoms with E-state index in [4.69, 9.17) is 4.98 Å². The van der Waals surface area contributed by atoms with Gasteiger partial charge in [0.05, 0.1) is 0 Å². The highest BCUT2D eigenvalue weighted by molar-refractivity contribution is 6.06. The van der Waals surface area contributed by atoms with Crippen molar-refractivity contribution in [2.24, 2.45) is 7.05 Å². The van der Waals surface area contributed by atoms with Gasteiger partial charge < -0.3 is 14.5 Å². The molecule has 6 rings (SSSR count). The van der Waals surface area contributed by atoms with Crippen LogP contribution in [-0.2, 0) is 32.9 Å². The van der Waals surface area contributed by atoms with Crippen molar-refractivity contribution >= 4 is 23.2 Å². The van der Waals surface area contributed by atoms with E-state index in [1.54, 1.807) is 17.8 Å². The van der Waals surface area contributed by atoms with Gasteiger partial charge in [0.1, 0.15) is 17.2 Å². The van der Waals surface area contributed by atoms with Crippen LogP contribution >= 0.6 is 0 Å². The van der Waals surface area contributed by atoms with Crippen LogP contribution in [0.15, 0.2) is 41.5 Å². The molecule has 0 saturated carbocycles. The van der Waals surface area contributed by atoms with Gasteiger partial charge in [-0.15, -0.1) is 0 Å². The Morgan fingerprint density at radius 1 is 1.11 bits per heavy atom. The molecule has 4 aromatic heterocycles. The maximum absolute atomic E-state index is 13.7. The lowest BCUT2D eigenvalue weighted by Gasteiger charge is -2.31. The fourth-order valence-corrected chi connectivity index (χ4v) is 5.74. The number of carbonyl (C=O) groups excluding carboxylic acids is 1. The lowest BCUT2D eigenvalue weighted by molar-refractivity contribution is 0.0963. The van der Waals surface area contributed by atoms with Gasteiger partial charge in [-0.3, -0.25) is 19.6 Å². The number of aromatic nitrogens is 5. The summed E-state index contributed by atoms with van der Waals surface area (Å²) in [6, 6.07) is 7.76. The molecule has 0 spiro atoms. The van der Waals surface area contributed by atoms with Crippen LogP contribution in [0.25, 0.3) is 11.1 Å². The minimum Gasteiger partial charge on any atom is -0.339 e. The number of aryl methyl sites for hydroxylation is 3. The Labute approximate surface area is 215 Å². The molecule has 190 valence electrons. The number of carbonyl (C=O) groups is 1. The summed E-state index contributed by atoms with van der Waals surface area (Å²) in [5.74, 6) is 1.29. The molecule has 37 heavy (non-hydrogen) atoms. The molecule has 0 atom stereocenters. The molecule has 2 aliphatic rings. The third-order valence-electron chi connectivity index (χ3n) is 7.52. The van der Waals surface area contributed by atoms with E-state index >= 15 is 0 Å². The molecule has 0 radical (unpaired) electrons. The van der Waals surface area contributed by atoms with Crippen molar-refractivity contribution in [1.29, 1.82) is 0 Å². The van der Waals surface area contributed by atoms with Crippen molar-refractivity contribution < 1.29 is 4.79 Å². The van der Waals surface area contributed by atoms with Gasteiger partial charge in [0.15, 0.2) is 5.82 Å². The van der Waals surface area contributed by atoms with E-state index in [-0.39, 0.29) is 11.5 Å². The zero-order chi connectivity index (χ0) is 25.7. The highest BCUT2D eigenvalue weighted by Crippen LogP contribution is 2.34. The zero-order valence-corrected chi connectivity index (χ0v) is 21.5. The first-order valence-corrected chi connectivity index (χ1v) is 13.0. The number of H-pyrrole nitrogens is 1. The minimum atomic E-state index is -0.146. The van der Waals surface area contributed by atoms with E-state index < -0.39 is 0 Å². The van der Waals surface area contributed by atoms with Gasteiger partial charge in [0.2, 0.25) is 0 Å². The predicted molar refractivity (Wildman–Crippen MR) is 144 cm³/mol. The quantitative estimate of drug-likeness (QED) is 0.432. The monoisotopic (exact) mass is 497 g/mol. The second kappa shape index (κ2) is 9.06. The van der Waals surface area contributed by atoms with Crippen LogP contribution in [0.2, 0.25) is 0 Å². The molecule has 2 N–H and O–H groups in total. The fourth-order valence-electron chi connectivity index (χ4n) is 5.74. The lowest BCUT2D eigenvalue weighted by Crippen LogP contribution is -2.41. The molecule has 1 amide bonds. The van der Waals surface area contributed by atoms with Crippen molar-refractivity contribution in [3.05, 3.63) is 75.2 Å². The number of pyridine rings is 2. The van der Waals surface area contributed by atoms with Crippen LogP contribution in [0.1, 0.15) is 52.8 Å². The summed E-state index contributed by atoms with van der Waals surface area (Å²) in [5.41, 5.74) is 7.45. The van der Waals surface area contributed by atoms with Crippen molar-refractivity contribution in [3.63, 3.8) is 0 Å². The van der Waals surface area contributed by atoms with E-state index in [0.717, 1.165) is 47.5 Å². The van der Waals surface area contributed by atoms with E-state index in [1.165, 1.54) is 24.1 Å². The summed E-state index contributed by atoms with van der Waals surface area (Å²) < 4.78 is 3.80. The number of hydrogen-bond donors (Lipinski definition) is 2. The summed E-state index contributed by atoms with van der Waals surface area (Å²) in [5, 5.41) is 10.2. The SMILES string of the molecule is CCc1c(-c2cc(Nc3cc(C)[nH]n3)c(=O)n(C)c2)ccnc1N1CCn2c(cc3c2CCCC3)C1=O. The summed E-state index contributed by atoms with van der Waals surface area (Å²) in [6.45, 7) is 5.36. The molecule has 0 aromatic carbocycles. The highest BCUT2D eigenvalue weighted by Gasteiger charge is 2.32. The first-order chi connectivity index (χ1) is 17.9. The molecular weight excluding hydrogens is 466 g/mol. The third kappa shape index (κ3) is 3.94. The van der Waals surface area contributed by atoms with Crippen molar-refractivity contribution in [2.45, 2.75) is 52.5 Å². The van der Waals surface area contributed by atoms with Crippen LogP contribution in [0.5, 0.6) is 0 Å². The molecule has 4 aromatic rings. The molecule has 0 unspecified atom stereocenters. The minimum absolute atomic E-state index is 0.0109. The van der Waals surface area contributed by atoms with Gasteiger partial charge >= 0.3 is 0 Å². The number of nitrogens with one attached hydrogen (secondary N) is 2. The molecule has 9 nitrogen and oxygen atoms in total.